The number of likely N-dealkylation sites (N-methyl/N-ethyl adjacent to an activating group) is 1. The van der Waals surface area contributed by atoms with E-state index < -0.39 is 6.04 Å². The Bertz CT molecular complexity index is 824. The molecule has 1 amide bonds. The van der Waals surface area contributed by atoms with Gasteiger partial charge in [0.25, 0.3) is 0 Å². The molecule has 0 heterocycles. The topological polar surface area (TPSA) is 46.3 Å². The second kappa shape index (κ2) is 7.28. The van der Waals surface area contributed by atoms with Gasteiger partial charge in [-0.3, -0.25) is 4.79 Å². The van der Waals surface area contributed by atoms with E-state index in [2.05, 4.69) is 18.2 Å². The molecule has 0 aromatic heterocycles. The fraction of sp³-hybridized carbons (Fsp3) is 0.190. The first-order valence-electron chi connectivity index (χ1n) is 8.16. The Labute approximate surface area is 142 Å². The number of carbonyl (C=O) groups is 1. The zero-order chi connectivity index (χ0) is 16.9. The number of carbonyl (C=O) groups excluding carboxylic acids is 1. The average molecular weight is 318 g/mol. The molecule has 3 aromatic rings. The van der Waals surface area contributed by atoms with Gasteiger partial charge in [-0.2, -0.15) is 0 Å². The molecule has 2 N–H and O–H groups in total. The van der Waals surface area contributed by atoms with Crippen LogP contribution in [0.4, 0.5) is 0 Å². The minimum absolute atomic E-state index is 0.0354. The van der Waals surface area contributed by atoms with Gasteiger partial charge in [-0.1, -0.05) is 72.8 Å². The van der Waals surface area contributed by atoms with E-state index in [9.17, 15) is 4.79 Å². The summed E-state index contributed by atoms with van der Waals surface area (Å²) in [7, 11) is 1.80. The van der Waals surface area contributed by atoms with Gasteiger partial charge in [0.15, 0.2) is 0 Å². The van der Waals surface area contributed by atoms with Crippen molar-refractivity contribution in [2.24, 2.45) is 5.73 Å². The van der Waals surface area contributed by atoms with E-state index in [0.29, 0.717) is 13.0 Å². The maximum Gasteiger partial charge on any atom is 0.239 e. The molecule has 3 heteroatoms. The Morgan fingerprint density at radius 2 is 1.62 bits per heavy atom. The molecule has 0 saturated heterocycles. The molecule has 1 atom stereocenters. The van der Waals surface area contributed by atoms with Crippen molar-refractivity contribution in [1.82, 2.24) is 4.90 Å². The maximum absolute atomic E-state index is 12.6. The molecule has 0 fully saturated rings. The van der Waals surface area contributed by atoms with Crippen LogP contribution >= 0.6 is 0 Å². The fourth-order valence-electron chi connectivity index (χ4n) is 3.01. The minimum atomic E-state index is -0.537. The number of hydrogen-bond donors (Lipinski definition) is 1. The van der Waals surface area contributed by atoms with Crippen LogP contribution in [0.15, 0.2) is 72.8 Å². The van der Waals surface area contributed by atoms with Gasteiger partial charge in [0.1, 0.15) is 0 Å². The van der Waals surface area contributed by atoms with Crippen molar-refractivity contribution in [3.63, 3.8) is 0 Å². The average Bonchev–Trinajstić information content (AvgIpc) is 2.62. The van der Waals surface area contributed by atoms with Crippen molar-refractivity contribution in [2.45, 2.75) is 19.0 Å². The van der Waals surface area contributed by atoms with Crippen LogP contribution in [0, 0.1) is 0 Å². The first-order valence-corrected chi connectivity index (χ1v) is 8.16. The molecule has 3 nitrogen and oxygen atoms in total. The first-order chi connectivity index (χ1) is 11.6. The van der Waals surface area contributed by atoms with Crippen molar-refractivity contribution in [3.8, 4) is 0 Å². The highest BCUT2D eigenvalue weighted by atomic mass is 16.2. The van der Waals surface area contributed by atoms with Crippen molar-refractivity contribution in [3.05, 3.63) is 83.9 Å². The number of nitrogens with two attached hydrogens (primary N) is 1. The molecule has 3 aromatic carbocycles. The summed E-state index contributed by atoms with van der Waals surface area (Å²) in [5.41, 5.74) is 8.42. The summed E-state index contributed by atoms with van der Waals surface area (Å²) in [6.45, 7) is 0.572. The summed E-state index contributed by atoms with van der Waals surface area (Å²) < 4.78 is 0. The minimum Gasteiger partial charge on any atom is -0.340 e. The summed E-state index contributed by atoms with van der Waals surface area (Å²) in [4.78, 5) is 14.3. The second-order valence-corrected chi connectivity index (χ2v) is 6.13. The number of amides is 1. The second-order valence-electron chi connectivity index (χ2n) is 6.13. The number of benzene rings is 3. The summed E-state index contributed by atoms with van der Waals surface area (Å²) in [6, 6.07) is 23.7. The lowest BCUT2D eigenvalue weighted by atomic mass is 9.98. The van der Waals surface area contributed by atoms with Gasteiger partial charge in [0, 0.05) is 13.6 Å². The summed E-state index contributed by atoms with van der Waals surface area (Å²) in [5.74, 6) is -0.0354. The fourth-order valence-corrected chi connectivity index (χ4v) is 3.01. The standard InChI is InChI=1S/C21H22N2O/c1-23(15-16-8-3-2-4-9-16)21(24)20(22)14-18-12-7-11-17-10-5-6-13-19(17)18/h2-13,20H,14-15,22H2,1H3/t20-/m1/s1. The van der Waals surface area contributed by atoms with Crippen molar-refractivity contribution < 1.29 is 4.79 Å². The zero-order valence-electron chi connectivity index (χ0n) is 13.9. The number of hydrogen-bond acceptors (Lipinski definition) is 2. The SMILES string of the molecule is CN(Cc1ccccc1)C(=O)[C@H](N)Cc1cccc2ccccc12. The van der Waals surface area contributed by atoms with Crippen molar-refractivity contribution >= 4 is 16.7 Å². The molecule has 3 rings (SSSR count). The monoisotopic (exact) mass is 318 g/mol. The molecule has 122 valence electrons. The van der Waals surface area contributed by atoms with Gasteiger partial charge in [-0.25, -0.2) is 0 Å². The number of nitrogens with zero attached hydrogens (tertiary/aromatic N) is 1. The van der Waals surface area contributed by atoms with Crippen molar-refractivity contribution in [1.29, 1.82) is 0 Å². The highest BCUT2D eigenvalue weighted by molar-refractivity contribution is 5.87. The molecule has 0 aliphatic heterocycles. The molecule has 0 unspecified atom stereocenters. The molecule has 0 radical (unpaired) electrons. The van der Waals surface area contributed by atoms with Crippen LogP contribution in [-0.4, -0.2) is 23.9 Å². The first kappa shape index (κ1) is 16.2. The summed E-state index contributed by atoms with van der Waals surface area (Å²) in [6.07, 6.45) is 0.541. The van der Waals surface area contributed by atoms with Crippen molar-refractivity contribution in [2.75, 3.05) is 7.05 Å². The van der Waals surface area contributed by atoms with Gasteiger partial charge in [-0.05, 0) is 28.3 Å². The summed E-state index contributed by atoms with van der Waals surface area (Å²) >= 11 is 0. The van der Waals surface area contributed by atoms with Gasteiger partial charge < -0.3 is 10.6 Å². The lowest BCUT2D eigenvalue weighted by Gasteiger charge is -2.22. The van der Waals surface area contributed by atoms with Crippen LogP contribution < -0.4 is 5.73 Å². The van der Waals surface area contributed by atoms with Crippen LogP contribution in [0.2, 0.25) is 0 Å². The van der Waals surface area contributed by atoms with Crippen LogP contribution in [0.3, 0.4) is 0 Å². The quantitative estimate of drug-likeness (QED) is 0.784. The predicted molar refractivity (Wildman–Crippen MR) is 98.5 cm³/mol. The zero-order valence-corrected chi connectivity index (χ0v) is 13.9. The van der Waals surface area contributed by atoms with Gasteiger partial charge in [0.2, 0.25) is 5.91 Å². The maximum atomic E-state index is 12.6. The van der Waals surface area contributed by atoms with Crippen LogP contribution in [0.5, 0.6) is 0 Å². The third-order valence-electron chi connectivity index (χ3n) is 4.28. The van der Waals surface area contributed by atoms with Gasteiger partial charge in [0.05, 0.1) is 6.04 Å². The molecular formula is C21H22N2O. The van der Waals surface area contributed by atoms with E-state index in [0.717, 1.165) is 16.5 Å². The Kier molecular flexibility index (Phi) is 4.92. The number of fused-ring (bicyclic) bond motifs is 1. The summed E-state index contributed by atoms with van der Waals surface area (Å²) in [5, 5.41) is 2.33. The van der Waals surface area contributed by atoms with E-state index >= 15 is 0 Å². The Balaban J connectivity index is 1.71. The lowest BCUT2D eigenvalue weighted by molar-refractivity contribution is -0.131. The van der Waals surface area contributed by atoms with E-state index in [1.807, 2.05) is 54.6 Å². The highest BCUT2D eigenvalue weighted by Crippen LogP contribution is 2.20. The molecule has 24 heavy (non-hydrogen) atoms. The largest absolute Gasteiger partial charge is 0.340 e. The molecule has 0 spiro atoms. The van der Waals surface area contributed by atoms with E-state index in [-0.39, 0.29) is 5.91 Å². The molecule has 0 aliphatic rings. The van der Waals surface area contributed by atoms with Crippen LogP contribution in [-0.2, 0) is 17.8 Å². The van der Waals surface area contributed by atoms with E-state index in [1.165, 1.54) is 5.39 Å². The molecular weight excluding hydrogens is 296 g/mol. The Hall–Kier alpha value is -2.65. The third kappa shape index (κ3) is 3.63. The van der Waals surface area contributed by atoms with E-state index in [4.69, 9.17) is 5.73 Å². The van der Waals surface area contributed by atoms with Crippen LogP contribution in [0.25, 0.3) is 10.8 Å². The Morgan fingerprint density at radius 3 is 2.42 bits per heavy atom. The highest BCUT2D eigenvalue weighted by Gasteiger charge is 2.19. The lowest BCUT2D eigenvalue weighted by Crippen LogP contribution is -2.42. The molecule has 0 saturated carbocycles. The Morgan fingerprint density at radius 1 is 0.958 bits per heavy atom. The molecule has 0 bridgehead atoms. The van der Waals surface area contributed by atoms with E-state index in [1.54, 1.807) is 11.9 Å². The predicted octanol–water partition coefficient (Wildman–Crippen LogP) is 3.37. The molecule has 0 aliphatic carbocycles. The third-order valence-corrected chi connectivity index (χ3v) is 4.28. The smallest absolute Gasteiger partial charge is 0.239 e. The normalized spacial score (nSPS) is 12.1. The number of rotatable bonds is 5. The van der Waals surface area contributed by atoms with Gasteiger partial charge >= 0.3 is 0 Å². The van der Waals surface area contributed by atoms with Crippen LogP contribution in [0.1, 0.15) is 11.1 Å². The van der Waals surface area contributed by atoms with Gasteiger partial charge in [-0.15, -0.1) is 0 Å².